The summed E-state index contributed by atoms with van der Waals surface area (Å²) in [4.78, 5) is 22.0. The van der Waals surface area contributed by atoms with Crippen LogP contribution in [0.3, 0.4) is 0 Å². The van der Waals surface area contributed by atoms with Crippen molar-refractivity contribution >= 4 is 11.8 Å². The highest BCUT2D eigenvalue weighted by molar-refractivity contribution is 5.72. The van der Waals surface area contributed by atoms with E-state index in [9.17, 15) is 4.79 Å². The zero-order valence-electron chi connectivity index (χ0n) is 13.9. The van der Waals surface area contributed by atoms with E-state index in [2.05, 4.69) is 32.3 Å². The number of amides is 2. The molecule has 0 bridgehead atoms. The van der Waals surface area contributed by atoms with Crippen LogP contribution in [0.4, 0.5) is 10.6 Å². The SMILES string of the molecule is CC1CCCN(c2cc(-c3nc(C(C)NC(N)=O)no3)ccn2)C1. The molecule has 0 spiro atoms. The molecule has 2 aromatic heterocycles. The topological polar surface area (TPSA) is 110 Å². The average molecular weight is 330 g/mol. The normalized spacial score (nSPS) is 19.1. The van der Waals surface area contributed by atoms with Gasteiger partial charge in [0.1, 0.15) is 5.82 Å². The third-order valence-corrected chi connectivity index (χ3v) is 4.16. The van der Waals surface area contributed by atoms with Gasteiger partial charge in [0.15, 0.2) is 5.82 Å². The number of pyridine rings is 1. The predicted molar refractivity (Wildman–Crippen MR) is 89.3 cm³/mol. The second kappa shape index (κ2) is 6.86. The van der Waals surface area contributed by atoms with Gasteiger partial charge in [0.25, 0.3) is 5.89 Å². The van der Waals surface area contributed by atoms with Crippen molar-refractivity contribution in [1.82, 2.24) is 20.4 Å². The number of carbonyl (C=O) groups is 1. The van der Waals surface area contributed by atoms with Crippen LogP contribution in [0.1, 0.15) is 38.6 Å². The van der Waals surface area contributed by atoms with Gasteiger partial charge in [-0.05, 0) is 37.8 Å². The molecule has 3 N–H and O–H groups in total. The monoisotopic (exact) mass is 330 g/mol. The van der Waals surface area contributed by atoms with E-state index in [4.69, 9.17) is 10.3 Å². The van der Waals surface area contributed by atoms with Gasteiger partial charge in [-0.25, -0.2) is 9.78 Å². The highest BCUT2D eigenvalue weighted by atomic mass is 16.5. The molecule has 1 fully saturated rings. The molecule has 1 saturated heterocycles. The Bertz CT molecular complexity index is 716. The number of rotatable bonds is 4. The lowest BCUT2D eigenvalue weighted by Crippen LogP contribution is -2.34. The first-order valence-corrected chi connectivity index (χ1v) is 8.14. The fraction of sp³-hybridized carbons (Fsp3) is 0.500. The molecular formula is C16H22N6O2. The van der Waals surface area contributed by atoms with Crippen molar-refractivity contribution in [2.75, 3.05) is 18.0 Å². The molecule has 3 rings (SSSR count). The number of anilines is 1. The van der Waals surface area contributed by atoms with Gasteiger partial charge in [0, 0.05) is 24.8 Å². The highest BCUT2D eigenvalue weighted by Gasteiger charge is 2.20. The van der Waals surface area contributed by atoms with Crippen molar-refractivity contribution in [3.05, 3.63) is 24.2 Å². The number of nitrogens with one attached hydrogen (secondary N) is 1. The largest absolute Gasteiger partial charge is 0.356 e. The molecule has 24 heavy (non-hydrogen) atoms. The fourth-order valence-electron chi connectivity index (χ4n) is 2.93. The van der Waals surface area contributed by atoms with E-state index in [1.807, 2.05) is 12.1 Å². The highest BCUT2D eigenvalue weighted by Crippen LogP contribution is 2.26. The minimum atomic E-state index is -0.626. The summed E-state index contributed by atoms with van der Waals surface area (Å²) in [5, 5.41) is 6.43. The minimum absolute atomic E-state index is 0.383. The van der Waals surface area contributed by atoms with Crippen molar-refractivity contribution in [2.45, 2.75) is 32.7 Å². The molecule has 2 amide bonds. The van der Waals surface area contributed by atoms with Gasteiger partial charge in [-0.3, -0.25) is 0 Å². The first-order chi connectivity index (χ1) is 11.5. The van der Waals surface area contributed by atoms with Gasteiger partial charge < -0.3 is 20.5 Å². The van der Waals surface area contributed by atoms with E-state index in [1.54, 1.807) is 13.1 Å². The summed E-state index contributed by atoms with van der Waals surface area (Å²) in [5.74, 6) is 2.37. The lowest BCUT2D eigenvalue weighted by Gasteiger charge is -2.31. The number of urea groups is 1. The molecule has 8 heteroatoms. The van der Waals surface area contributed by atoms with Gasteiger partial charge in [-0.2, -0.15) is 4.98 Å². The molecule has 128 valence electrons. The van der Waals surface area contributed by atoms with Crippen LogP contribution in [0, 0.1) is 5.92 Å². The first-order valence-electron chi connectivity index (χ1n) is 8.14. The number of primary amides is 1. The number of piperidine rings is 1. The second-order valence-electron chi connectivity index (χ2n) is 6.28. The first kappa shape index (κ1) is 16.2. The summed E-state index contributed by atoms with van der Waals surface area (Å²) in [5.41, 5.74) is 5.92. The average Bonchev–Trinajstić information content (AvgIpc) is 3.04. The van der Waals surface area contributed by atoms with Crippen LogP contribution in [-0.2, 0) is 0 Å². The van der Waals surface area contributed by atoms with Crippen molar-refractivity contribution in [3.8, 4) is 11.5 Å². The van der Waals surface area contributed by atoms with Gasteiger partial charge in [0.05, 0.1) is 6.04 Å². The molecule has 1 aliphatic rings. The Morgan fingerprint density at radius 1 is 1.54 bits per heavy atom. The van der Waals surface area contributed by atoms with E-state index in [0.717, 1.165) is 24.5 Å². The predicted octanol–water partition coefficient (Wildman–Crippen LogP) is 2.10. The van der Waals surface area contributed by atoms with E-state index in [1.165, 1.54) is 12.8 Å². The molecule has 0 radical (unpaired) electrons. The van der Waals surface area contributed by atoms with Crippen molar-refractivity contribution in [3.63, 3.8) is 0 Å². The maximum Gasteiger partial charge on any atom is 0.312 e. The number of hydrogen-bond acceptors (Lipinski definition) is 6. The number of carbonyl (C=O) groups excluding carboxylic acids is 1. The summed E-state index contributed by atoms with van der Waals surface area (Å²) in [7, 11) is 0. The summed E-state index contributed by atoms with van der Waals surface area (Å²) >= 11 is 0. The molecular weight excluding hydrogens is 308 g/mol. The molecule has 0 aliphatic carbocycles. The van der Waals surface area contributed by atoms with Gasteiger partial charge in [-0.1, -0.05) is 12.1 Å². The lowest BCUT2D eigenvalue weighted by molar-refractivity contribution is 0.245. The molecule has 8 nitrogen and oxygen atoms in total. The van der Waals surface area contributed by atoms with E-state index in [0.29, 0.717) is 17.6 Å². The van der Waals surface area contributed by atoms with Gasteiger partial charge >= 0.3 is 6.03 Å². The van der Waals surface area contributed by atoms with Crippen LogP contribution in [-0.4, -0.2) is 34.2 Å². The Balaban J connectivity index is 1.79. The molecule has 0 aromatic carbocycles. The standard InChI is InChI=1S/C16H22N6O2/c1-10-4-3-7-22(9-10)13-8-12(5-6-18-13)15-20-14(21-24-15)11(2)19-16(17)23/h5-6,8,10-11H,3-4,7,9H2,1-2H3,(H3,17,19,23). The zero-order valence-corrected chi connectivity index (χ0v) is 13.9. The van der Waals surface area contributed by atoms with Crippen molar-refractivity contribution in [2.24, 2.45) is 11.7 Å². The Morgan fingerprint density at radius 2 is 2.38 bits per heavy atom. The number of nitrogens with two attached hydrogens (primary N) is 1. The van der Waals surface area contributed by atoms with Crippen LogP contribution >= 0.6 is 0 Å². The molecule has 0 saturated carbocycles. The van der Waals surface area contributed by atoms with Crippen molar-refractivity contribution < 1.29 is 9.32 Å². The van der Waals surface area contributed by atoms with Crippen LogP contribution in [0.15, 0.2) is 22.9 Å². The van der Waals surface area contributed by atoms with Crippen LogP contribution in [0.2, 0.25) is 0 Å². The molecule has 1 aliphatic heterocycles. The summed E-state index contributed by atoms with van der Waals surface area (Å²) in [6.45, 7) is 6.01. The number of aromatic nitrogens is 3. The Kier molecular flexibility index (Phi) is 4.64. The summed E-state index contributed by atoms with van der Waals surface area (Å²) in [6, 6.07) is 2.76. The maximum absolute atomic E-state index is 10.9. The smallest absolute Gasteiger partial charge is 0.312 e. The summed E-state index contributed by atoms with van der Waals surface area (Å²) in [6.07, 6.45) is 4.18. The second-order valence-corrected chi connectivity index (χ2v) is 6.28. The third-order valence-electron chi connectivity index (χ3n) is 4.16. The van der Waals surface area contributed by atoms with Gasteiger partial charge in [0.2, 0.25) is 0 Å². The minimum Gasteiger partial charge on any atom is -0.356 e. The Hall–Kier alpha value is -2.64. The quantitative estimate of drug-likeness (QED) is 0.888. The van der Waals surface area contributed by atoms with Crippen LogP contribution < -0.4 is 16.0 Å². The van der Waals surface area contributed by atoms with Gasteiger partial charge in [-0.15, -0.1) is 0 Å². The summed E-state index contributed by atoms with van der Waals surface area (Å²) < 4.78 is 5.32. The third kappa shape index (κ3) is 3.64. The van der Waals surface area contributed by atoms with E-state index in [-0.39, 0.29) is 0 Å². The molecule has 2 unspecified atom stereocenters. The van der Waals surface area contributed by atoms with Crippen LogP contribution in [0.25, 0.3) is 11.5 Å². The number of hydrogen-bond donors (Lipinski definition) is 2. The van der Waals surface area contributed by atoms with Crippen LogP contribution in [0.5, 0.6) is 0 Å². The fourth-order valence-corrected chi connectivity index (χ4v) is 2.93. The number of nitrogens with zero attached hydrogens (tertiary/aromatic N) is 4. The Labute approximate surface area is 140 Å². The van der Waals surface area contributed by atoms with E-state index < -0.39 is 12.1 Å². The lowest BCUT2D eigenvalue weighted by atomic mass is 10.0. The molecule has 3 heterocycles. The zero-order chi connectivity index (χ0) is 17.1. The molecule has 2 atom stereocenters. The van der Waals surface area contributed by atoms with Crippen molar-refractivity contribution in [1.29, 1.82) is 0 Å². The molecule has 2 aromatic rings. The Morgan fingerprint density at radius 3 is 3.12 bits per heavy atom. The maximum atomic E-state index is 10.9. The van der Waals surface area contributed by atoms with E-state index >= 15 is 0 Å².